The molecule has 14 aromatic rings. The fraction of sp³-hybridized carbons (Fsp3) is 0. The van der Waals surface area contributed by atoms with E-state index in [-0.39, 0.29) is 0 Å². The van der Waals surface area contributed by atoms with Crippen LogP contribution in [-0.2, 0) is 0 Å². The van der Waals surface area contributed by atoms with Crippen molar-refractivity contribution in [2.45, 2.75) is 0 Å². The maximum atomic E-state index is 6.10. The highest BCUT2D eigenvalue weighted by Gasteiger charge is 2.17. The lowest BCUT2D eigenvalue weighted by Gasteiger charge is -2.10. The van der Waals surface area contributed by atoms with Crippen LogP contribution in [0, 0.1) is 0 Å². The second-order valence-electron chi connectivity index (χ2n) is 17.8. The summed E-state index contributed by atoms with van der Waals surface area (Å²) in [6.07, 6.45) is 7.31. The van der Waals surface area contributed by atoms with Crippen molar-refractivity contribution in [1.29, 1.82) is 0 Å². The topological polar surface area (TPSA) is 57.0 Å². The van der Waals surface area contributed by atoms with Crippen LogP contribution in [0.2, 0.25) is 0 Å². The van der Waals surface area contributed by atoms with Gasteiger partial charge in [0.25, 0.3) is 0 Å². The molecule has 0 aliphatic carbocycles. The molecule has 5 aromatic heterocycles. The molecule has 5 heterocycles. The van der Waals surface area contributed by atoms with Gasteiger partial charge in [0.15, 0.2) is 0 Å². The van der Waals surface area contributed by atoms with E-state index < -0.39 is 0 Å². The van der Waals surface area contributed by atoms with Crippen LogP contribution in [0.15, 0.2) is 246 Å². The molecule has 0 saturated heterocycles. The Balaban J connectivity index is 0.829. The second-order valence-corrected chi connectivity index (χ2v) is 17.8. The zero-order valence-corrected chi connectivity index (χ0v) is 37.2. The summed E-state index contributed by atoms with van der Waals surface area (Å²) in [5, 5.41) is 6.61. The Kier molecular flexibility index (Phi) is 8.83. The Labute approximate surface area is 396 Å². The Morgan fingerprint density at radius 1 is 0.261 bits per heavy atom. The molecule has 0 radical (unpaired) electrons. The molecule has 322 valence electrons. The average molecular weight is 882 g/mol. The van der Waals surface area contributed by atoms with Crippen molar-refractivity contribution >= 4 is 65.7 Å². The van der Waals surface area contributed by atoms with E-state index in [4.69, 9.17) is 8.83 Å². The minimum atomic E-state index is 0.850. The minimum absolute atomic E-state index is 0.850. The van der Waals surface area contributed by atoms with Crippen molar-refractivity contribution in [3.05, 3.63) is 237 Å². The van der Waals surface area contributed by atoms with Crippen LogP contribution in [0.4, 0.5) is 0 Å². The van der Waals surface area contributed by atoms with Gasteiger partial charge < -0.3 is 13.4 Å². The summed E-state index contributed by atoms with van der Waals surface area (Å²) in [7, 11) is 0. The second kappa shape index (κ2) is 15.7. The van der Waals surface area contributed by atoms with Gasteiger partial charge in [-0.3, -0.25) is 9.97 Å². The molecular weight excluding hydrogens is 843 g/mol. The molecule has 0 spiro atoms. The summed E-state index contributed by atoms with van der Waals surface area (Å²) in [6.45, 7) is 0. The van der Waals surface area contributed by atoms with Crippen LogP contribution in [0.5, 0.6) is 0 Å². The maximum Gasteiger partial charge on any atom is 0.138 e. The minimum Gasteiger partial charge on any atom is -0.456 e. The van der Waals surface area contributed by atoms with Gasteiger partial charge in [-0.05, 0) is 164 Å². The third-order valence-electron chi connectivity index (χ3n) is 13.8. The van der Waals surface area contributed by atoms with Crippen molar-refractivity contribution in [1.82, 2.24) is 14.5 Å². The third kappa shape index (κ3) is 6.63. The first-order valence-electron chi connectivity index (χ1n) is 23.2. The molecule has 9 aromatic carbocycles. The molecular formula is C64H39N3O2. The highest BCUT2D eigenvalue weighted by molar-refractivity contribution is 6.12. The largest absolute Gasteiger partial charge is 0.456 e. The predicted molar refractivity (Wildman–Crippen MR) is 284 cm³/mol. The van der Waals surface area contributed by atoms with E-state index in [9.17, 15) is 0 Å². The molecule has 0 aliphatic rings. The lowest BCUT2D eigenvalue weighted by molar-refractivity contribution is 0.668. The fourth-order valence-corrected chi connectivity index (χ4v) is 10.4. The lowest BCUT2D eigenvalue weighted by atomic mass is 9.94. The number of pyridine rings is 2. The summed E-state index contributed by atoms with van der Waals surface area (Å²) in [4.78, 5) is 8.71. The van der Waals surface area contributed by atoms with E-state index >= 15 is 0 Å². The van der Waals surface area contributed by atoms with Gasteiger partial charge in [0.05, 0.1) is 11.0 Å². The monoisotopic (exact) mass is 881 g/mol. The first-order chi connectivity index (χ1) is 34.1. The molecule has 0 bridgehead atoms. The molecule has 0 saturated carbocycles. The van der Waals surface area contributed by atoms with Crippen molar-refractivity contribution < 1.29 is 8.83 Å². The summed E-state index contributed by atoms with van der Waals surface area (Å²) >= 11 is 0. The number of rotatable bonds is 7. The Hall–Kier alpha value is -9.32. The molecule has 0 aliphatic heterocycles. The van der Waals surface area contributed by atoms with Gasteiger partial charge in [-0.15, -0.1) is 0 Å². The van der Waals surface area contributed by atoms with E-state index in [2.05, 4.69) is 215 Å². The number of para-hydroxylation sites is 1. The maximum absolute atomic E-state index is 6.10. The fourth-order valence-electron chi connectivity index (χ4n) is 10.4. The third-order valence-corrected chi connectivity index (χ3v) is 13.8. The Bertz CT molecular complexity index is 4070. The molecule has 14 rings (SSSR count). The van der Waals surface area contributed by atoms with E-state index in [1.54, 1.807) is 12.4 Å². The summed E-state index contributed by atoms with van der Waals surface area (Å²) < 4.78 is 14.6. The summed E-state index contributed by atoms with van der Waals surface area (Å²) in [5.41, 5.74) is 20.8. The van der Waals surface area contributed by atoms with Gasteiger partial charge in [-0.2, -0.15) is 0 Å². The van der Waals surface area contributed by atoms with Crippen LogP contribution in [0.1, 0.15) is 0 Å². The molecule has 0 atom stereocenters. The number of hydrogen-bond acceptors (Lipinski definition) is 4. The number of hydrogen-bond donors (Lipinski definition) is 0. The van der Waals surface area contributed by atoms with E-state index in [1.807, 2.05) is 24.5 Å². The van der Waals surface area contributed by atoms with E-state index in [0.717, 1.165) is 94.1 Å². The number of furan rings is 2. The van der Waals surface area contributed by atoms with Gasteiger partial charge in [-0.25, -0.2) is 0 Å². The van der Waals surface area contributed by atoms with Crippen molar-refractivity contribution in [3.8, 4) is 72.4 Å². The smallest absolute Gasteiger partial charge is 0.138 e. The Morgan fingerprint density at radius 2 is 0.594 bits per heavy atom. The van der Waals surface area contributed by atoms with Crippen LogP contribution in [0.25, 0.3) is 138 Å². The molecule has 0 N–H and O–H groups in total. The van der Waals surface area contributed by atoms with Crippen molar-refractivity contribution in [2.24, 2.45) is 0 Å². The predicted octanol–water partition coefficient (Wildman–Crippen LogP) is 17.4. The van der Waals surface area contributed by atoms with E-state index in [1.165, 1.54) is 44.1 Å². The van der Waals surface area contributed by atoms with Gasteiger partial charge >= 0.3 is 0 Å². The molecule has 0 amide bonds. The molecule has 0 fully saturated rings. The zero-order chi connectivity index (χ0) is 45.4. The highest BCUT2D eigenvalue weighted by atomic mass is 16.3. The number of nitrogens with zero attached hydrogens (tertiary/aromatic N) is 3. The van der Waals surface area contributed by atoms with E-state index in [0.29, 0.717) is 0 Å². The Morgan fingerprint density at radius 3 is 0.986 bits per heavy atom. The average Bonchev–Trinajstić information content (AvgIpc) is 4.10. The van der Waals surface area contributed by atoms with Gasteiger partial charge in [-0.1, -0.05) is 115 Å². The molecule has 5 nitrogen and oxygen atoms in total. The standard InChI is InChI=1S/C64H39N3O2/c1-2-16-52(17-3-1)67-59-22-18-48(44-12-4-8-40(30-44)42-10-6-14-46(32-42)50-20-24-61-55(36-50)57-38-65-28-26-63(57)68-61)34-53(59)54-35-49(19-23-60(54)67)45-13-5-9-41(31-45)43-11-7-15-47(33-43)51-21-25-62-56(37-51)58-39-66-29-27-64(58)69-62/h1-39H. The van der Waals surface area contributed by atoms with Crippen LogP contribution < -0.4 is 0 Å². The number of fused-ring (bicyclic) bond motifs is 9. The van der Waals surface area contributed by atoms with Gasteiger partial charge in [0.2, 0.25) is 0 Å². The summed E-state index contributed by atoms with van der Waals surface area (Å²) in [6, 6.07) is 76.6. The molecule has 69 heavy (non-hydrogen) atoms. The highest BCUT2D eigenvalue weighted by Crippen LogP contribution is 2.40. The van der Waals surface area contributed by atoms with Crippen molar-refractivity contribution in [3.63, 3.8) is 0 Å². The first kappa shape index (κ1) is 38.9. The van der Waals surface area contributed by atoms with Gasteiger partial charge in [0.1, 0.15) is 22.3 Å². The number of benzene rings is 9. The van der Waals surface area contributed by atoms with Crippen molar-refractivity contribution in [2.75, 3.05) is 0 Å². The lowest BCUT2D eigenvalue weighted by Crippen LogP contribution is -1.93. The van der Waals surface area contributed by atoms with Crippen LogP contribution in [-0.4, -0.2) is 14.5 Å². The van der Waals surface area contributed by atoms with Crippen LogP contribution >= 0.6 is 0 Å². The SMILES string of the molecule is c1ccc(-n2c3ccc(-c4cccc(-c5cccc(-c6ccc7oc8ccncc8c7c6)c5)c4)cc3c3cc(-c4cccc(-c5cccc(-c6ccc7oc8ccncc8c7c6)c5)c4)ccc32)cc1. The normalized spacial score (nSPS) is 11.8. The molecule has 0 unspecified atom stereocenters. The zero-order valence-electron chi connectivity index (χ0n) is 37.2. The number of aromatic nitrogens is 3. The van der Waals surface area contributed by atoms with Gasteiger partial charge in [0, 0.05) is 62.8 Å². The van der Waals surface area contributed by atoms with Crippen LogP contribution in [0.3, 0.4) is 0 Å². The quantitative estimate of drug-likeness (QED) is 0.160. The molecule has 5 heteroatoms. The summed E-state index contributed by atoms with van der Waals surface area (Å²) in [5.74, 6) is 0. The first-order valence-corrected chi connectivity index (χ1v) is 23.2.